The molecule has 1 aliphatic heterocycles. The highest BCUT2D eigenvalue weighted by Crippen LogP contribution is 2.35. The molecule has 1 heterocycles. The molecule has 3 N–H and O–H groups in total. The first-order chi connectivity index (χ1) is 11.1. The van der Waals surface area contributed by atoms with Crippen LogP contribution in [0.15, 0.2) is 12.2 Å². The van der Waals surface area contributed by atoms with Crippen LogP contribution in [0.3, 0.4) is 0 Å². The van der Waals surface area contributed by atoms with E-state index >= 15 is 0 Å². The second kappa shape index (κ2) is 8.48. The van der Waals surface area contributed by atoms with Crippen LogP contribution >= 0.6 is 0 Å². The van der Waals surface area contributed by atoms with Gasteiger partial charge in [-0.2, -0.15) is 13.2 Å². The van der Waals surface area contributed by atoms with Crippen molar-refractivity contribution >= 4 is 11.9 Å². The third kappa shape index (κ3) is 5.79. The lowest BCUT2D eigenvalue weighted by atomic mass is 9.77. The fourth-order valence-corrected chi connectivity index (χ4v) is 3.01. The molecule has 138 valence electrons. The fraction of sp³-hybridized carbons (Fsp3) is 0.733. The molecule has 2 unspecified atom stereocenters. The Kier molecular flexibility index (Phi) is 7.22. The van der Waals surface area contributed by atoms with Crippen LogP contribution in [0, 0.1) is 5.41 Å². The maximum atomic E-state index is 11.1. The Bertz CT molecular complexity index is 480. The van der Waals surface area contributed by atoms with Gasteiger partial charge < -0.3 is 15.3 Å². The van der Waals surface area contributed by atoms with Gasteiger partial charge in [-0.1, -0.05) is 12.2 Å². The summed E-state index contributed by atoms with van der Waals surface area (Å²) in [6.07, 6.45) is 3.69. The van der Waals surface area contributed by atoms with Gasteiger partial charge in [-0.25, -0.2) is 4.79 Å². The maximum Gasteiger partial charge on any atom is 0.490 e. The van der Waals surface area contributed by atoms with Crippen LogP contribution in [0.2, 0.25) is 0 Å². The van der Waals surface area contributed by atoms with E-state index in [1.165, 1.54) is 0 Å². The average Bonchev–Trinajstić information content (AvgIpc) is 2.96. The monoisotopic (exact) mass is 353 g/mol. The highest BCUT2D eigenvalue weighted by Gasteiger charge is 2.39. The van der Waals surface area contributed by atoms with Gasteiger partial charge in [-0.15, -0.1) is 0 Å². The summed E-state index contributed by atoms with van der Waals surface area (Å²) in [7, 11) is 0. The first kappa shape index (κ1) is 20.4. The number of aliphatic hydroxyl groups excluding tert-OH is 1. The second-order valence-corrected chi connectivity index (χ2v) is 6.14. The summed E-state index contributed by atoms with van der Waals surface area (Å²) in [5, 5.41) is 25.9. The van der Waals surface area contributed by atoms with Gasteiger partial charge in [0.2, 0.25) is 0 Å². The van der Waals surface area contributed by atoms with Crippen molar-refractivity contribution in [3.63, 3.8) is 0 Å². The van der Waals surface area contributed by atoms with Crippen molar-refractivity contribution < 1.29 is 38.1 Å². The topological polar surface area (TPSA) is 98.1 Å². The molecule has 2 rings (SSSR count). The molecule has 1 fully saturated rings. The number of carboxylic acids is 2. The van der Waals surface area contributed by atoms with Crippen molar-refractivity contribution in [2.75, 3.05) is 19.7 Å². The molecule has 1 saturated heterocycles. The van der Waals surface area contributed by atoms with Crippen molar-refractivity contribution in [3.8, 4) is 0 Å². The molecule has 2 atom stereocenters. The molecule has 1 aliphatic carbocycles. The van der Waals surface area contributed by atoms with Gasteiger partial charge in [0.1, 0.15) is 6.04 Å². The number of rotatable bonds is 4. The second-order valence-electron chi connectivity index (χ2n) is 6.14. The maximum absolute atomic E-state index is 11.1. The SMILES string of the molecule is O=C(O)C(F)(F)F.O=C(O)C1CCCN1CC1(CO)CC=CCC1. The third-order valence-corrected chi connectivity index (χ3v) is 4.32. The number of hydrogen-bond donors (Lipinski definition) is 3. The standard InChI is InChI=1S/C13H21NO3.C2HF3O2/c15-10-13(6-2-1-3-7-13)9-14-8-4-5-11(14)12(16)17;3-2(4,5)1(6)7/h1-2,11,15H,3-10H2,(H,16,17);(H,6,7). The molecule has 0 aromatic heterocycles. The zero-order chi connectivity index (χ0) is 18.4. The number of hydrogen-bond acceptors (Lipinski definition) is 4. The third-order valence-electron chi connectivity index (χ3n) is 4.32. The highest BCUT2D eigenvalue weighted by atomic mass is 19.4. The van der Waals surface area contributed by atoms with Crippen LogP contribution in [0.5, 0.6) is 0 Å². The molecule has 9 heteroatoms. The molecule has 0 amide bonds. The van der Waals surface area contributed by atoms with Gasteiger partial charge >= 0.3 is 18.1 Å². The average molecular weight is 353 g/mol. The summed E-state index contributed by atoms with van der Waals surface area (Å²) < 4.78 is 31.7. The molecule has 0 spiro atoms. The predicted octanol–water partition coefficient (Wildman–Crippen LogP) is 1.89. The van der Waals surface area contributed by atoms with Crippen molar-refractivity contribution in [1.29, 1.82) is 0 Å². The summed E-state index contributed by atoms with van der Waals surface area (Å²) in [5.74, 6) is -3.48. The van der Waals surface area contributed by atoms with E-state index in [1.54, 1.807) is 0 Å². The van der Waals surface area contributed by atoms with Gasteiger partial charge in [-0.05, 0) is 38.6 Å². The largest absolute Gasteiger partial charge is 0.490 e. The number of alkyl halides is 3. The van der Waals surface area contributed by atoms with E-state index < -0.39 is 18.1 Å². The summed E-state index contributed by atoms with van der Waals surface area (Å²) in [6, 6.07) is -0.343. The Morgan fingerprint density at radius 2 is 1.88 bits per heavy atom. The van der Waals surface area contributed by atoms with Crippen molar-refractivity contribution in [1.82, 2.24) is 4.90 Å². The Morgan fingerprint density at radius 1 is 1.25 bits per heavy atom. The van der Waals surface area contributed by atoms with Crippen molar-refractivity contribution in [2.45, 2.75) is 44.3 Å². The molecule has 0 saturated carbocycles. The Labute approximate surface area is 137 Å². The molecule has 24 heavy (non-hydrogen) atoms. The summed E-state index contributed by atoms with van der Waals surface area (Å²) in [5.41, 5.74) is -0.118. The summed E-state index contributed by atoms with van der Waals surface area (Å²) in [4.78, 5) is 22.1. The van der Waals surface area contributed by atoms with E-state index in [0.29, 0.717) is 6.54 Å². The highest BCUT2D eigenvalue weighted by molar-refractivity contribution is 5.73. The Hall–Kier alpha value is -1.61. The lowest BCUT2D eigenvalue weighted by molar-refractivity contribution is -0.192. The van der Waals surface area contributed by atoms with Crippen molar-refractivity contribution in [2.24, 2.45) is 5.41 Å². The predicted molar refractivity (Wildman–Crippen MR) is 78.4 cm³/mol. The molecule has 0 radical (unpaired) electrons. The minimum atomic E-state index is -5.08. The quantitative estimate of drug-likeness (QED) is 0.668. The first-order valence-corrected chi connectivity index (χ1v) is 7.64. The van der Waals surface area contributed by atoms with Crippen LogP contribution in [0.25, 0.3) is 0 Å². The van der Waals surface area contributed by atoms with E-state index in [4.69, 9.17) is 15.0 Å². The van der Waals surface area contributed by atoms with Crippen LogP contribution in [0.1, 0.15) is 32.1 Å². The number of likely N-dealkylation sites (tertiary alicyclic amines) is 1. The van der Waals surface area contributed by atoms with E-state index in [2.05, 4.69) is 12.2 Å². The summed E-state index contributed by atoms with van der Waals surface area (Å²) >= 11 is 0. The van der Waals surface area contributed by atoms with Crippen LogP contribution in [0.4, 0.5) is 13.2 Å². The van der Waals surface area contributed by atoms with Crippen LogP contribution < -0.4 is 0 Å². The fourth-order valence-electron chi connectivity index (χ4n) is 3.01. The molecule has 0 aromatic rings. The van der Waals surface area contributed by atoms with Gasteiger partial charge in [0, 0.05) is 12.0 Å². The number of nitrogens with zero attached hydrogens (tertiary/aromatic N) is 1. The number of aliphatic carboxylic acids is 2. The lowest BCUT2D eigenvalue weighted by Gasteiger charge is -2.38. The first-order valence-electron chi connectivity index (χ1n) is 7.64. The zero-order valence-corrected chi connectivity index (χ0v) is 13.1. The number of carboxylic acid groups (broad SMARTS) is 2. The van der Waals surface area contributed by atoms with Crippen LogP contribution in [-0.4, -0.2) is 64.1 Å². The van der Waals surface area contributed by atoms with Gasteiger partial charge in [0.15, 0.2) is 0 Å². The van der Waals surface area contributed by atoms with E-state index in [1.807, 2.05) is 4.90 Å². The molecule has 0 aromatic carbocycles. The number of aliphatic hydroxyl groups is 1. The Morgan fingerprint density at radius 3 is 2.29 bits per heavy atom. The zero-order valence-electron chi connectivity index (χ0n) is 13.1. The molecule has 0 bridgehead atoms. The van der Waals surface area contributed by atoms with E-state index in [-0.39, 0.29) is 18.1 Å². The number of allylic oxidation sites excluding steroid dienone is 2. The lowest BCUT2D eigenvalue weighted by Crippen LogP contribution is -2.45. The van der Waals surface area contributed by atoms with Gasteiger partial charge in [0.05, 0.1) is 6.61 Å². The molecular formula is C15H22F3NO5. The smallest absolute Gasteiger partial charge is 0.480 e. The normalized spacial score (nSPS) is 27.4. The molecular weight excluding hydrogens is 331 g/mol. The van der Waals surface area contributed by atoms with E-state index in [0.717, 1.165) is 38.6 Å². The summed E-state index contributed by atoms with van der Waals surface area (Å²) in [6.45, 7) is 1.72. The number of carbonyl (C=O) groups is 2. The molecule has 6 nitrogen and oxygen atoms in total. The van der Waals surface area contributed by atoms with Crippen molar-refractivity contribution in [3.05, 3.63) is 12.2 Å². The minimum Gasteiger partial charge on any atom is -0.480 e. The van der Waals surface area contributed by atoms with E-state index in [9.17, 15) is 23.1 Å². The van der Waals surface area contributed by atoms with Crippen LogP contribution in [-0.2, 0) is 9.59 Å². The van der Waals surface area contributed by atoms with Gasteiger partial charge in [-0.3, -0.25) is 9.69 Å². The molecule has 2 aliphatic rings. The number of halogens is 3. The van der Waals surface area contributed by atoms with Gasteiger partial charge in [0.25, 0.3) is 0 Å². The minimum absolute atomic E-state index is 0.118. The Balaban J connectivity index is 0.000000351.